The van der Waals surface area contributed by atoms with Crippen LogP contribution in [0.3, 0.4) is 0 Å². The Morgan fingerprint density at radius 3 is 2.83 bits per heavy atom. The third-order valence-corrected chi connectivity index (χ3v) is 3.64. The van der Waals surface area contributed by atoms with Gasteiger partial charge in [0.25, 0.3) is 0 Å². The first kappa shape index (κ1) is 13.6. The molecule has 0 fully saturated rings. The smallest absolute Gasteiger partial charge is 0.353 e. The summed E-state index contributed by atoms with van der Waals surface area (Å²) in [5.41, 5.74) is 0.982. The molecular formula is C10H8FIN2O3S. The number of aromatic carboxylic acids is 1. The van der Waals surface area contributed by atoms with Gasteiger partial charge in [0.15, 0.2) is 5.65 Å². The molecule has 2 aromatic heterocycles. The molecule has 1 N–H and O–H groups in total. The van der Waals surface area contributed by atoms with E-state index in [1.54, 1.807) is 29.9 Å². The SMILES string of the molecule is Cc1nc2c(cc(C(=O)O)n2SOI)c(C)c1F. The fourth-order valence-electron chi connectivity index (χ4n) is 1.71. The van der Waals surface area contributed by atoms with Gasteiger partial charge in [0, 0.05) is 5.39 Å². The minimum Gasteiger partial charge on any atom is -0.477 e. The number of carboxylic acids is 1. The highest BCUT2D eigenvalue weighted by atomic mass is 127. The Bertz CT molecular complexity index is 644. The quantitative estimate of drug-likeness (QED) is 0.652. The van der Waals surface area contributed by atoms with Crippen LogP contribution in [-0.2, 0) is 2.51 Å². The first-order valence-corrected chi connectivity index (χ1v) is 6.42. The van der Waals surface area contributed by atoms with E-state index < -0.39 is 11.8 Å². The molecule has 2 aromatic rings. The van der Waals surface area contributed by atoms with Crippen molar-refractivity contribution in [3.8, 4) is 0 Å². The van der Waals surface area contributed by atoms with Gasteiger partial charge < -0.3 is 5.11 Å². The van der Waals surface area contributed by atoms with Gasteiger partial charge in [-0.2, -0.15) is 0 Å². The number of aromatic nitrogens is 2. The number of fused-ring (bicyclic) bond motifs is 1. The number of hydrogen-bond donors (Lipinski definition) is 1. The van der Waals surface area contributed by atoms with Gasteiger partial charge in [-0.3, -0.25) is 0 Å². The van der Waals surface area contributed by atoms with Crippen LogP contribution in [-0.4, -0.2) is 20.0 Å². The van der Waals surface area contributed by atoms with Crippen LogP contribution in [0.2, 0.25) is 0 Å². The van der Waals surface area contributed by atoms with Crippen molar-refractivity contribution in [2.45, 2.75) is 13.8 Å². The molecule has 0 aliphatic carbocycles. The van der Waals surface area contributed by atoms with Crippen LogP contribution in [0.15, 0.2) is 6.07 Å². The van der Waals surface area contributed by atoms with Gasteiger partial charge in [-0.05, 0) is 25.5 Å². The fourth-order valence-corrected chi connectivity index (χ4v) is 2.67. The van der Waals surface area contributed by atoms with Crippen molar-refractivity contribution in [2.24, 2.45) is 0 Å². The highest BCUT2D eigenvalue weighted by Crippen LogP contribution is 2.29. The molecule has 0 spiro atoms. The summed E-state index contributed by atoms with van der Waals surface area (Å²) in [6.07, 6.45) is 0. The molecule has 0 bridgehead atoms. The van der Waals surface area contributed by atoms with Crippen molar-refractivity contribution < 1.29 is 16.8 Å². The molecule has 0 aliphatic rings. The number of carbonyl (C=O) groups is 1. The summed E-state index contributed by atoms with van der Waals surface area (Å²) in [6, 6.07) is 1.39. The minimum atomic E-state index is -1.12. The van der Waals surface area contributed by atoms with Crippen LogP contribution in [0.1, 0.15) is 21.7 Å². The van der Waals surface area contributed by atoms with Crippen molar-refractivity contribution in [2.75, 3.05) is 0 Å². The molecule has 18 heavy (non-hydrogen) atoms. The molecule has 5 nitrogen and oxygen atoms in total. The molecular weight excluding hydrogens is 374 g/mol. The van der Waals surface area contributed by atoms with Gasteiger partial charge in [0.1, 0.15) is 46.7 Å². The maximum absolute atomic E-state index is 13.7. The van der Waals surface area contributed by atoms with E-state index in [1.165, 1.54) is 17.0 Å². The first-order chi connectivity index (χ1) is 8.47. The third-order valence-electron chi connectivity index (χ3n) is 2.58. The largest absolute Gasteiger partial charge is 0.477 e. The number of nitrogens with zero attached hydrogens (tertiary/aromatic N) is 2. The zero-order valence-corrected chi connectivity index (χ0v) is 12.4. The van der Waals surface area contributed by atoms with Gasteiger partial charge in [-0.1, -0.05) is 0 Å². The monoisotopic (exact) mass is 382 g/mol. The molecule has 0 unspecified atom stereocenters. The van der Waals surface area contributed by atoms with Crippen LogP contribution < -0.4 is 0 Å². The molecule has 0 atom stereocenters. The highest BCUT2D eigenvalue weighted by Gasteiger charge is 2.20. The van der Waals surface area contributed by atoms with Crippen molar-refractivity contribution >= 4 is 52.2 Å². The van der Waals surface area contributed by atoms with Crippen LogP contribution in [0.4, 0.5) is 4.39 Å². The lowest BCUT2D eigenvalue weighted by molar-refractivity contribution is 0.0690. The molecule has 8 heteroatoms. The van der Waals surface area contributed by atoms with E-state index in [0.29, 0.717) is 16.6 Å². The normalized spacial score (nSPS) is 11.1. The van der Waals surface area contributed by atoms with Gasteiger partial charge in [-0.25, -0.2) is 20.7 Å². The average Bonchev–Trinajstić information content (AvgIpc) is 2.66. The Morgan fingerprint density at radius 1 is 1.61 bits per heavy atom. The average molecular weight is 382 g/mol. The maximum atomic E-state index is 13.7. The van der Waals surface area contributed by atoms with Gasteiger partial charge in [0.05, 0.1) is 5.69 Å². The number of rotatable bonds is 3. The van der Waals surface area contributed by atoms with Gasteiger partial charge in [0.2, 0.25) is 0 Å². The topological polar surface area (TPSA) is 64.3 Å². The van der Waals surface area contributed by atoms with E-state index in [0.717, 1.165) is 12.2 Å². The lowest BCUT2D eigenvalue weighted by Gasteiger charge is -2.05. The summed E-state index contributed by atoms with van der Waals surface area (Å²) in [5.74, 6) is -1.54. The first-order valence-electron chi connectivity index (χ1n) is 4.84. The third kappa shape index (κ3) is 2.08. The lowest BCUT2D eigenvalue weighted by Crippen LogP contribution is -2.03. The lowest BCUT2D eigenvalue weighted by atomic mass is 10.1. The van der Waals surface area contributed by atoms with E-state index in [-0.39, 0.29) is 11.4 Å². The van der Waals surface area contributed by atoms with Crippen molar-refractivity contribution in [1.29, 1.82) is 0 Å². The molecule has 0 saturated carbocycles. The molecule has 2 heterocycles. The van der Waals surface area contributed by atoms with E-state index >= 15 is 0 Å². The van der Waals surface area contributed by atoms with Crippen LogP contribution in [0, 0.1) is 19.7 Å². The highest BCUT2D eigenvalue weighted by molar-refractivity contribution is 14.1. The van der Waals surface area contributed by atoms with Crippen LogP contribution in [0.5, 0.6) is 0 Å². The Labute approximate surface area is 120 Å². The molecule has 0 aliphatic heterocycles. The van der Waals surface area contributed by atoms with Gasteiger partial charge >= 0.3 is 5.97 Å². The summed E-state index contributed by atoms with van der Waals surface area (Å²) >= 11 is 2.46. The number of pyridine rings is 1. The van der Waals surface area contributed by atoms with Crippen molar-refractivity contribution in [3.05, 3.63) is 28.8 Å². The number of aryl methyl sites for hydroxylation is 2. The predicted octanol–water partition coefficient (Wildman–Crippen LogP) is 3.27. The number of carboxylic acid groups (broad SMARTS) is 1. The van der Waals surface area contributed by atoms with Crippen LogP contribution in [0.25, 0.3) is 11.0 Å². The number of hydrogen-bond acceptors (Lipinski definition) is 4. The van der Waals surface area contributed by atoms with Crippen molar-refractivity contribution in [3.63, 3.8) is 0 Å². The molecule has 0 radical (unpaired) electrons. The number of halogens is 2. The summed E-state index contributed by atoms with van der Waals surface area (Å²) in [7, 11) is 0. The molecule has 2 rings (SSSR count). The Hall–Kier alpha value is -0.870. The zero-order valence-electron chi connectivity index (χ0n) is 9.40. The second-order valence-corrected chi connectivity index (χ2v) is 5.36. The molecule has 96 valence electrons. The van der Waals surface area contributed by atoms with E-state index in [9.17, 15) is 9.18 Å². The second kappa shape index (κ2) is 5.02. The van der Waals surface area contributed by atoms with E-state index in [2.05, 4.69) is 4.98 Å². The molecule has 0 amide bonds. The summed E-state index contributed by atoms with van der Waals surface area (Å²) in [5, 5.41) is 9.58. The summed E-state index contributed by atoms with van der Waals surface area (Å²) < 4.78 is 19.9. The minimum absolute atomic E-state index is 0.00716. The van der Waals surface area contributed by atoms with E-state index in [4.69, 9.17) is 7.62 Å². The predicted molar refractivity (Wildman–Crippen MR) is 74.2 cm³/mol. The zero-order chi connectivity index (χ0) is 13.4. The molecule has 0 saturated heterocycles. The second-order valence-electron chi connectivity index (χ2n) is 3.64. The fraction of sp³-hybridized carbons (Fsp3) is 0.200. The summed E-state index contributed by atoms with van der Waals surface area (Å²) in [6.45, 7) is 3.13. The standard InChI is InChI=1S/C10H8FIN2O3S/c1-4-6-3-7(10(15)16)14(18-17-12)9(6)13-5(2)8(4)11/h3H,1-2H3,(H,15,16). The van der Waals surface area contributed by atoms with E-state index in [1.807, 2.05) is 0 Å². The maximum Gasteiger partial charge on any atom is 0.353 e. The summed E-state index contributed by atoms with van der Waals surface area (Å²) in [4.78, 5) is 15.2. The Kier molecular flexibility index (Phi) is 3.78. The Morgan fingerprint density at radius 2 is 2.28 bits per heavy atom. The van der Waals surface area contributed by atoms with Gasteiger partial charge in [-0.15, -0.1) is 0 Å². The van der Waals surface area contributed by atoms with Crippen LogP contribution >= 0.6 is 35.2 Å². The molecule has 0 aromatic carbocycles. The van der Waals surface area contributed by atoms with Crippen molar-refractivity contribution in [1.82, 2.24) is 8.96 Å². The Balaban J connectivity index is 2.85.